The summed E-state index contributed by atoms with van der Waals surface area (Å²) in [5, 5.41) is 1.06. The Morgan fingerprint density at radius 3 is 1.96 bits per heavy atom. The maximum atomic E-state index is 12.9. The Morgan fingerprint density at radius 1 is 0.640 bits per heavy atom. The largest absolute Gasteiger partial charge is 0.416 e. The van der Waals surface area contributed by atoms with Crippen molar-refractivity contribution in [1.29, 1.82) is 0 Å². The molecule has 0 aliphatic rings. The third-order valence-electron chi connectivity index (χ3n) is 4.13. The molecular weight excluding hydrogens is 341 g/mol. The summed E-state index contributed by atoms with van der Waals surface area (Å²) in [5.74, 6) is 0. The van der Waals surface area contributed by atoms with E-state index in [1.807, 2.05) is 54.6 Å². The van der Waals surface area contributed by atoms with Crippen LogP contribution in [0.1, 0.15) is 5.56 Å². The van der Waals surface area contributed by atoms with Gasteiger partial charge in [0.15, 0.2) is 0 Å². The highest BCUT2D eigenvalue weighted by Gasteiger charge is 2.30. The van der Waals surface area contributed by atoms with Crippen LogP contribution in [0.2, 0.25) is 0 Å². The maximum Gasteiger partial charge on any atom is 0.416 e. The lowest BCUT2D eigenvalue weighted by atomic mass is 9.98. The third-order valence-corrected chi connectivity index (χ3v) is 5.35. The van der Waals surface area contributed by atoms with Gasteiger partial charge in [0, 0.05) is 20.5 Å². The van der Waals surface area contributed by atoms with Crippen molar-refractivity contribution in [3.63, 3.8) is 0 Å². The van der Waals surface area contributed by atoms with Gasteiger partial charge in [-0.2, -0.15) is 13.2 Å². The van der Waals surface area contributed by atoms with Gasteiger partial charge in [0.25, 0.3) is 0 Å². The second-order valence-corrected chi connectivity index (χ2v) is 6.80. The van der Waals surface area contributed by atoms with Crippen molar-refractivity contribution in [2.45, 2.75) is 6.18 Å². The van der Waals surface area contributed by atoms with E-state index in [0.29, 0.717) is 0 Å². The SMILES string of the molecule is FC(F)(F)c1ccc(-c2c(-c3ccccc3)sc3ccccc23)cc1. The first-order chi connectivity index (χ1) is 12.0. The van der Waals surface area contributed by atoms with Crippen LogP contribution in [-0.2, 0) is 6.18 Å². The van der Waals surface area contributed by atoms with E-state index < -0.39 is 11.7 Å². The monoisotopic (exact) mass is 354 g/mol. The molecular formula is C21H13F3S. The zero-order valence-corrected chi connectivity index (χ0v) is 13.9. The van der Waals surface area contributed by atoms with E-state index in [-0.39, 0.29) is 0 Å². The molecule has 124 valence electrons. The number of thiophene rings is 1. The van der Waals surface area contributed by atoms with Gasteiger partial charge in [0.05, 0.1) is 5.56 Å². The summed E-state index contributed by atoms with van der Waals surface area (Å²) >= 11 is 1.66. The standard InChI is InChI=1S/C21H13F3S/c22-21(23,24)16-12-10-14(11-13-16)19-17-8-4-5-9-18(17)25-20(19)15-6-2-1-3-7-15/h1-13H. The van der Waals surface area contributed by atoms with Crippen LogP contribution in [0.3, 0.4) is 0 Å². The lowest BCUT2D eigenvalue weighted by Crippen LogP contribution is -2.03. The predicted molar refractivity (Wildman–Crippen MR) is 97.7 cm³/mol. The van der Waals surface area contributed by atoms with Crippen LogP contribution < -0.4 is 0 Å². The van der Waals surface area contributed by atoms with Gasteiger partial charge in [-0.25, -0.2) is 0 Å². The molecule has 0 radical (unpaired) electrons. The Labute approximate surface area is 147 Å². The van der Waals surface area contributed by atoms with Crippen molar-refractivity contribution >= 4 is 21.4 Å². The minimum absolute atomic E-state index is 0.628. The van der Waals surface area contributed by atoms with Gasteiger partial charge in [-0.1, -0.05) is 60.7 Å². The summed E-state index contributed by atoms with van der Waals surface area (Å²) in [6.45, 7) is 0. The zero-order chi connectivity index (χ0) is 17.4. The smallest absolute Gasteiger partial charge is 0.166 e. The number of hydrogen-bond donors (Lipinski definition) is 0. The van der Waals surface area contributed by atoms with Crippen LogP contribution in [-0.4, -0.2) is 0 Å². The van der Waals surface area contributed by atoms with Crippen molar-refractivity contribution in [3.05, 3.63) is 84.4 Å². The van der Waals surface area contributed by atoms with Crippen LogP contribution in [0, 0.1) is 0 Å². The molecule has 0 saturated heterocycles. The molecule has 0 bridgehead atoms. The molecule has 0 amide bonds. The number of benzene rings is 3. The van der Waals surface area contributed by atoms with Gasteiger partial charge in [0.2, 0.25) is 0 Å². The van der Waals surface area contributed by atoms with E-state index in [2.05, 4.69) is 0 Å². The Balaban J connectivity index is 1.94. The van der Waals surface area contributed by atoms with Crippen LogP contribution in [0.5, 0.6) is 0 Å². The first-order valence-corrected chi connectivity index (χ1v) is 8.60. The number of alkyl halides is 3. The quantitative estimate of drug-likeness (QED) is 0.355. The molecule has 1 aromatic heterocycles. The summed E-state index contributed by atoms with van der Waals surface area (Å²) in [4.78, 5) is 1.07. The molecule has 25 heavy (non-hydrogen) atoms. The topological polar surface area (TPSA) is 0 Å². The minimum Gasteiger partial charge on any atom is -0.166 e. The minimum atomic E-state index is -4.32. The van der Waals surface area contributed by atoms with E-state index in [0.717, 1.165) is 43.8 Å². The van der Waals surface area contributed by atoms with Crippen LogP contribution in [0.25, 0.3) is 31.7 Å². The molecule has 0 aliphatic heterocycles. The van der Waals surface area contributed by atoms with Gasteiger partial charge in [0.1, 0.15) is 0 Å². The Morgan fingerprint density at radius 2 is 1.28 bits per heavy atom. The summed E-state index contributed by atoms with van der Waals surface area (Å²) in [5.41, 5.74) is 2.22. The van der Waals surface area contributed by atoms with Crippen molar-refractivity contribution in [2.75, 3.05) is 0 Å². The predicted octanol–water partition coefficient (Wildman–Crippen LogP) is 7.25. The number of rotatable bonds is 2. The van der Waals surface area contributed by atoms with Gasteiger partial charge < -0.3 is 0 Å². The Kier molecular flexibility index (Phi) is 3.85. The van der Waals surface area contributed by atoms with E-state index in [4.69, 9.17) is 0 Å². The molecule has 0 spiro atoms. The first-order valence-electron chi connectivity index (χ1n) is 7.78. The van der Waals surface area contributed by atoms with Crippen LogP contribution in [0.15, 0.2) is 78.9 Å². The fraction of sp³-hybridized carbons (Fsp3) is 0.0476. The van der Waals surface area contributed by atoms with Gasteiger partial charge in [-0.3, -0.25) is 0 Å². The molecule has 4 heteroatoms. The molecule has 0 nitrogen and oxygen atoms in total. The molecule has 0 saturated carbocycles. The van der Waals surface area contributed by atoms with Crippen molar-refractivity contribution in [2.24, 2.45) is 0 Å². The van der Waals surface area contributed by atoms with Gasteiger partial charge in [-0.05, 0) is 29.3 Å². The molecule has 4 rings (SSSR count). The van der Waals surface area contributed by atoms with Crippen molar-refractivity contribution in [3.8, 4) is 21.6 Å². The average Bonchev–Trinajstić information content (AvgIpc) is 3.01. The molecule has 0 N–H and O–H groups in total. The second-order valence-electron chi connectivity index (χ2n) is 5.74. The van der Waals surface area contributed by atoms with Crippen molar-refractivity contribution < 1.29 is 13.2 Å². The van der Waals surface area contributed by atoms with Crippen molar-refractivity contribution in [1.82, 2.24) is 0 Å². The van der Waals surface area contributed by atoms with Crippen LogP contribution >= 0.6 is 11.3 Å². The zero-order valence-electron chi connectivity index (χ0n) is 13.0. The Bertz CT molecular complexity index is 1010. The average molecular weight is 354 g/mol. The summed E-state index contributed by atoms with van der Waals surface area (Å²) < 4.78 is 39.7. The second kappa shape index (κ2) is 6.05. The highest BCUT2D eigenvalue weighted by molar-refractivity contribution is 7.23. The number of hydrogen-bond acceptors (Lipinski definition) is 1. The highest BCUT2D eigenvalue weighted by Crippen LogP contribution is 2.45. The summed E-state index contributed by atoms with van der Waals surface area (Å²) in [6.07, 6.45) is -4.32. The molecule has 4 aromatic rings. The number of halogens is 3. The maximum absolute atomic E-state index is 12.9. The van der Waals surface area contributed by atoms with Gasteiger partial charge in [-0.15, -0.1) is 11.3 Å². The molecule has 0 unspecified atom stereocenters. The molecule has 1 heterocycles. The fourth-order valence-corrected chi connectivity index (χ4v) is 4.18. The van der Waals surface area contributed by atoms with Gasteiger partial charge >= 0.3 is 6.18 Å². The Hall–Kier alpha value is -2.59. The lowest BCUT2D eigenvalue weighted by molar-refractivity contribution is -0.137. The number of fused-ring (bicyclic) bond motifs is 1. The molecule has 0 aliphatic carbocycles. The third kappa shape index (κ3) is 2.94. The highest BCUT2D eigenvalue weighted by atomic mass is 32.1. The first kappa shape index (κ1) is 15.9. The summed E-state index contributed by atoms with van der Waals surface area (Å²) in [6, 6.07) is 23.4. The molecule has 3 aromatic carbocycles. The summed E-state index contributed by atoms with van der Waals surface area (Å²) in [7, 11) is 0. The fourth-order valence-electron chi connectivity index (χ4n) is 2.95. The van der Waals surface area contributed by atoms with E-state index in [1.54, 1.807) is 23.5 Å². The van der Waals surface area contributed by atoms with E-state index in [9.17, 15) is 13.2 Å². The molecule has 0 fully saturated rings. The molecule has 0 atom stereocenters. The van der Waals surface area contributed by atoms with Crippen LogP contribution in [0.4, 0.5) is 13.2 Å². The van der Waals surface area contributed by atoms with E-state index >= 15 is 0 Å². The van der Waals surface area contributed by atoms with E-state index in [1.165, 1.54) is 0 Å². The lowest BCUT2D eigenvalue weighted by Gasteiger charge is -2.09. The normalized spacial score (nSPS) is 11.8.